The number of methoxy groups -OCH3 is 1. The van der Waals surface area contributed by atoms with E-state index in [1.165, 1.54) is 0 Å². The molecule has 2 aromatic heterocycles. The van der Waals surface area contributed by atoms with Crippen molar-refractivity contribution in [3.63, 3.8) is 0 Å². The Morgan fingerprint density at radius 2 is 2.00 bits per heavy atom. The second-order valence-electron chi connectivity index (χ2n) is 5.49. The molecule has 0 unspecified atom stereocenters. The largest absolute Gasteiger partial charge is 0.496 e. The molecule has 0 aliphatic rings. The maximum Gasteiger partial charge on any atom is 0.151 e. The van der Waals surface area contributed by atoms with Gasteiger partial charge in [-0.2, -0.15) is 5.10 Å². The van der Waals surface area contributed by atoms with Crippen LogP contribution in [-0.4, -0.2) is 27.4 Å². The minimum absolute atomic E-state index is 0.669. The molecule has 0 aliphatic heterocycles. The molecule has 120 valence electrons. The van der Waals surface area contributed by atoms with Crippen LogP contribution in [-0.2, 0) is 19.3 Å². The lowest BCUT2D eigenvalue weighted by atomic mass is 10.1. The van der Waals surface area contributed by atoms with Crippen LogP contribution in [0.3, 0.4) is 0 Å². The maximum atomic E-state index is 5.37. The molecule has 3 rings (SSSR count). The van der Waals surface area contributed by atoms with Crippen molar-refractivity contribution >= 4 is 0 Å². The summed E-state index contributed by atoms with van der Waals surface area (Å²) >= 11 is 0. The van der Waals surface area contributed by atoms with Crippen molar-refractivity contribution < 1.29 is 9.26 Å². The fourth-order valence-corrected chi connectivity index (χ4v) is 2.65. The van der Waals surface area contributed by atoms with E-state index in [1.54, 1.807) is 7.11 Å². The summed E-state index contributed by atoms with van der Waals surface area (Å²) in [7, 11) is 1.67. The van der Waals surface area contributed by atoms with E-state index in [0.29, 0.717) is 6.42 Å². The zero-order valence-electron chi connectivity index (χ0n) is 13.6. The number of nitrogens with one attached hydrogen (secondary N) is 1. The second kappa shape index (κ2) is 6.64. The standard InChI is InChI=1S/C17H20N4O2/c1-11-14(12(2)23-21-11)8-9-16-18-17(20-19-16)10-13-6-4-5-7-15(13)22-3/h4-7H,8-10H2,1-3H3,(H,18,19,20). The van der Waals surface area contributed by atoms with Crippen LogP contribution in [0.4, 0.5) is 0 Å². The van der Waals surface area contributed by atoms with Crippen LogP contribution in [0, 0.1) is 13.8 Å². The van der Waals surface area contributed by atoms with Gasteiger partial charge in [-0.05, 0) is 26.3 Å². The lowest BCUT2D eigenvalue weighted by Crippen LogP contribution is -1.97. The number of hydrogen-bond acceptors (Lipinski definition) is 5. The Kier molecular flexibility index (Phi) is 4.41. The quantitative estimate of drug-likeness (QED) is 0.757. The predicted octanol–water partition coefficient (Wildman–Crippen LogP) is 2.79. The summed E-state index contributed by atoms with van der Waals surface area (Å²) in [5.41, 5.74) is 3.16. The molecule has 0 fully saturated rings. The number of H-pyrrole nitrogens is 1. The topological polar surface area (TPSA) is 76.8 Å². The Labute approximate surface area is 134 Å². The van der Waals surface area contributed by atoms with Gasteiger partial charge in [0.15, 0.2) is 5.82 Å². The molecule has 0 amide bonds. The molecular weight excluding hydrogens is 292 g/mol. The van der Waals surface area contributed by atoms with Gasteiger partial charge < -0.3 is 9.26 Å². The minimum Gasteiger partial charge on any atom is -0.496 e. The molecule has 2 heterocycles. The van der Waals surface area contributed by atoms with Crippen molar-refractivity contribution in [2.24, 2.45) is 0 Å². The monoisotopic (exact) mass is 312 g/mol. The van der Waals surface area contributed by atoms with E-state index < -0.39 is 0 Å². The molecular formula is C17H20N4O2. The van der Waals surface area contributed by atoms with Gasteiger partial charge in [-0.3, -0.25) is 5.10 Å². The molecule has 6 heteroatoms. The number of para-hydroxylation sites is 1. The molecule has 23 heavy (non-hydrogen) atoms. The highest BCUT2D eigenvalue weighted by molar-refractivity contribution is 5.35. The Morgan fingerprint density at radius 3 is 2.74 bits per heavy atom. The van der Waals surface area contributed by atoms with Crippen LogP contribution in [0.25, 0.3) is 0 Å². The number of rotatable bonds is 6. The zero-order chi connectivity index (χ0) is 16.2. The molecule has 0 atom stereocenters. The SMILES string of the molecule is COc1ccccc1Cc1nc(CCc2c(C)noc2C)n[nH]1. The number of benzene rings is 1. The van der Waals surface area contributed by atoms with E-state index in [0.717, 1.165) is 52.8 Å². The second-order valence-corrected chi connectivity index (χ2v) is 5.49. The molecule has 0 spiro atoms. The highest BCUT2D eigenvalue weighted by Gasteiger charge is 2.12. The molecule has 6 nitrogen and oxygen atoms in total. The normalized spacial score (nSPS) is 10.9. The highest BCUT2D eigenvalue weighted by Crippen LogP contribution is 2.20. The Hall–Kier alpha value is -2.63. The fraction of sp³-hybridized carbons (Fsp3) is 0.353. The lowest BCUT2D eigenvalue weighted by molar-refractivity contribution is 0.392. The predicted molar refractivity (Wildman–Crippen MR) is 85.6 cm³/mol. The van der Waals surface area contributed by atoms with Gasteiger partial charge in [-0.1, -0.05) is 23.4 Å². The van der Waals surface area contributed by atoms with Crippen molar-refractivity contribution in [1.29, 1.82) is 0 Å². The third-order valence-corrected chi connectivity index (χ3v) is 3.91. The van der Waals surface area contributed by atoms with Gasteiger partial charge in [0.25, 0.3) is 0 Å². The van der Waals surface area contributed by atoms with Gasteiger partial charge in [0, 0.05) is 24.0 Å². The van der Waals surface area contributed by atoms with E-state index >= 15 is 0 Å². The summed E-state index contributed by atoms with van der Waals surface area (Å²) in [6.07, 6.45) is 2.25. The number of nitrogens with zero attached hydrogens (tertiary/aromatic N) is 3. The molecule has 0 saturated heterocycles. The molecule has 1 aromatic carbocycles. The van der Waals surface area contributed by atoms with E-state index in [1.807, 2.05) is 38.1 Å². The van der Waals surface area contributed by atoms with Crippen LogP contribution < -0.4 is 4.74 Å². The third kappa shape index (κ3) is 3.41. The number of hydrogen-bond donors (Lipinski definition) is 1. The average molecular weight is 312 g/mol. The molecule has 0 saturated carbocycles. The van der Waals surface area contributed by atoms with Crippen molar-refractivity contribution in [3.05, 3.63) is 58.5 Å². The van der Waals surface area contributed by atoms with Crippen molar-refractivity contribution in [3.8, 4) is 5.75 Å². The first-order valence-electron chi connectivity index (χ1n) is 7.61. The average Bonchev–Trinajstić information content (AvgIpc) is 3.13. The van der Waals surface area contributed by atoms with Crippen LogP contribution in [0.5, 0.6) is 5.75 Å². The fourth-order valence-electron chi connectivity index (χ4n) is 2.65. The van der Waals surface area contributed by atoms with Gasteiger partial charge in [0.05, 0.1) is 12.8 Å². The zero-order valence-corrected chi connectivity index (χ0v) is 13.6. The number of aromatic nitrogens is 4. The molecule has 0 aliphatic carbocycles. The van der Waals surface area contributed by atoms with Crippen LogP contribution in [0.2, 0.25) is 0 Å². The molecule has 3 aromatic rings. The first-order valence-corrected chi connectivity index (χ1v) is 7.61. The molecule has 1 N–H and O–H groups in total. The van der Waals surface area contributed by atoms with E-state index in [4.69, 9.17) is 9.26 Å². The minimum atomic E-state index is 0.669. The van der Waals surface area contributed by atoms with Gasteiger partial charge in [-0.15, -0.1) is 0 Å². The van der Waals surface area contributed by atoms with Crippen LogP contribution in [0.15, 0.2) is 28.8 Å². The van der Waals surface area contributed by atoms with Gasteiger partial charge in [0.1, 0.15) is 17.3 Å². The molecule has 0 bridgehead atoms. The highest BCUT2D eigenvalue weighted by atomic mass is 16.5. The van der Waals surface area contributed by atoms with Gasteiger partial charge in [0.2, 0.25) is 0 Å². The maximum absolute atomic E-state index is 5.37. The van der Waals surface area contributed by atoms with Crippen molar-refractivity contribution in [1.82, 2.24) is 20.3 Å². The van der Waals surface area contributed by atoms with Crippen molar-refractivity contribution in [2.45, 2.75) is 33.1 Å². The van der Waals surface area contributed by atoms with Gasteiger partial charge in [-0.25, -0.2) is 4.98 Å². The smallest absolute Gasteiger partial charge is 0.151 e. The van der Waals surface area contributed by atoms with Crippen LogP contribution >= 0.6 is 0 Å². The van der Waals surface area contributed by atoms with Crippen LogP contribution in [0.1, 0.15) is 34.2 Å². The van der Waals surface area contributed by atoms with E-state index in [9.17, 15) is 0 Å². The molecule has 0 radical (unpaired) electrons. The Bertz CT molecular complexity index is 772. The Morgan fingerprint density at radius 1 is 1.17 bits per heavy atom. The summed E-state index contributed by atoms with van der Waals surface area (Å²) in [6.45, 7) is 3.89. The summed E-state index contributed by atoms with van der Waals surface area (Å²) in [5.74, 6) is 3.37. The lowest BCUT2D eigenvalue weighted by Gasteiger charge is -2.05. The first-order chi connectivity index (χ1) is 11.2. The van der Waals surface area contributed by atoms with E-state index in [2.05, 4.69) is 20.3 Å². The number of ether oxygens (including phenoxy) is 1. The number of aryl methyl sites for hydroxylation is 3. The Balaban J connectivity index is 1.66. The van der Waals surface area contributed by atoms with Crippen molar-refractivity contribution in [2.75, 3.05) is 7.11 Å². The number of aromatic amines is 1. The van der Waals surface area contributed by atoms with E-state index in [-0.39, 0.29) is 0 Å². The summed E-state index contributed by atoms with van der Waals surface area (Å²) in [6, 6.07) is 7.93. The first kappa shape index (κ1) is 15.3. The summed E-state index contributed by atoms with van der Waals surface area (Å²) in [4.78, 5) is 4.57. The summed E-state index contributed by atoms with van der Waals surface area (Å²) in [5, 5.41) is 11.3. The van der Waals surface area contributed by atoms with Gasteiger partial charge >= 0.3 is 0 Å². The summed E-state index contributed by atoms with van der Waals surface area (Å²) < 4.78 is 10.5. The third-order valence-electron chi connectivity index (χ3n) is 3.91.